The molecule has 8 heteroatoms. The van der Waals surface area contributed by atoms with Crippen molar-refractivity contribution in [3.63, 3.8) is 0 Å². The monoisotopic (exact) mass is 401 g/mol. The van der Waals surface area contributed by atoms with E-state index in [-0.39, 0.29) is 0 Å². The van der Waals surface area contributed by atoms with Crippen LogP contribution in [0.1, 0.15) is 5.56 Å². The highest BCUT2D eigenvalue weighted by molar-refractivity contribution is 5.78. The summed E-state index contributed by atoms with van der Waals surface area (Å²) in [7, 11) is 0. The summed E-state index contributed by atoms with van der Waals surface area (Å²) in [5.41, 5.74) is 4.90. The Hall–Kier alpha value is -3.78. The second-order valence-electron chi connectivity index (χ2n) is 6.53. The lowest BCUT2D eigenvalue weighted by Gasteiger charge is -2.27. The first-order valence-corrected chi connectivity index (χ1v) is 9.78. The van der Waals surface area contributed by atoms with Crippen molar-refractivity contribution in [2.45, 2.75) is 0 Å². The average molecular weight is 401 g/mol. The SMILES string of the molecule is C(=C\c1ccccc1)/C=N/Nc1nc(Nc2ccccc2)nc(N2CCOCC2)n1. The Bertz CT molecular complexity index is 987. The molecule has 8 nitrogen and oxygen atoms in total. The number of aromatic nitrogens is 3. The molecule has 4 rings (SSSR count). The Morgan fingerprint density at radius 3 is 2.33 bits per heavy atom. The number of ether oxygens (including phenoxy) is 1. The molecule has 0 radical (unpaired) electrons. The minimum absolute atomic E-state index is 0.370. The average Bonchev–Trinajstić information content (AvgIpc) is 2.81. The van der Waals surface area contributed by atoms with E-state index in [0.29, 0.717) is 31.1 Å². The van der Waals surface area contributed by atoms with Gasteiger partial charge in [0.25, 0.3) is 0 Å². The number of morpholine rings is 1. The van der Waals surface area contributed by atoms with Crippen molar-refractivity contribution in [3.8, 4) is 0 Å². The predicted molar refractivity (Wildman–Crippen MR) is 120 cm³/mol. The van der Waals surface area contributed by atoms with Crippen molar-refractivity contribution >= 4 is 35.8 Å². The summed E-state index contributed by atoms with van der Waals surface area (Å²) in [6.07, 6.45) is 5.49. The molecule has 2 N–H and O–H groups in total. The van der Waals surface area contributed by atoms with E-state index in [4.69, 9.17) is 4.74 Å². The third-order valence-corrected chi connectivity index (χ3v) is 4.36. The number of allylic oxidation sites excluding steroid dienone is 1. The highest BCUT2D eigenvalue weighted by Gasteiger charge is 2.16. The van der Waals surface area contributed by atoms with Crippen LogP contribution < -0.4 is 15.6 Å². The molecule has 1 fully saturated rings. The third kappa shape index (κ3) is 5.62. The minimum Gasteiger partial charge on any atom is -0.378 e. The van der Waals surface area contributed by atoms with Gasteiger partial charge in [-0.2, -0.15) is 20.1 Å². The first-order chi connectivity index (χ1) is 14.9. The van der Waals surface area contributed by atoms with E-state index in [0.717, 1.165) is 24.3 Å². The van der Waals surface area contributed by atoms with Crippen LogP contribution in [0.5, 0.6) is 0 Å². The molecule has 0 bridgehead atoms. The third-order valence-electron chi connectivity index (χ3n) is 4.36. The number of rotatable bonds is 7. The second kappa shape index (κ2) is 10.1. The van der Waals surface area contributed by atoms with Gasteiger partial charge in [-0.3, -0.25) is 0 Å². The normalized spacial score (nSPS) is 14.3. The number of anilines is 4. The predicted octanol–water partition coefficient (Wildman–Crippen LogP) is 3.56. The van der Waals surface area contributed by atoms with Crippen LogP contribution in [0.2, 0.25) is 0 Å². The Balaban J connectivity index is 1.49. The van der Waals surface area contributed by atoms with Crippen molar-refractivity contribution in [2.75, 3.05) is 41.9 Å². The van der Waals surface area contributed by atoms with E-state index in [2.05, 4.69) is 35.7 Å². The fourth-order valence-corrected chi connectivity index (χ4v) is 2.88. The first-order valence-electron chi connectivity index (χ1n) is 9.78. The number of benzene rings is 2. The van der Waals surface area contributed by atoms with Crippen LogP contribution in [0.25, 0.3) is 6.08 Å². The zero-order valence-electron chi connectivity index (χ0n) is 16.5. The number of nitrogens with zero attached hydrogens (tertiary/aromatic N) is 5. The zero-order chi connectivity index (χ0) is 20.4. The van der Waals surface area contributed by atoms with Gasteiger partial charge in [-0.25, -0.2) is 5.43 Å². The highest BCUT2D eigenvalue weighted by Crippen LogP contribution is 2.18. The fourth-order valence-electron chi connectivity index (χ4n) is 2.88. The maximum absolute atomic E-state index is 5.43. The Morgan fingerprint density at radius 2 is 1.57 bits per heavy atom. The van der Waals surface area contributed by atoms with Crippen molar-refractivity contribution < 1.29 is 4.74 Å². The lowest BCUT2D eigenvalue weighted by molar-refractivity contribution is 0.122. The van der Waals surface area contributed by atoms with E-state index in [1.54, 1.807) is 6.21 Å². The molecular weight excluding hydrogens is 378 g/mol. The standard InChI is InChI=1S/C22H23N7O/c1-3-8-18(9-4-1)10-7-13-23-28-21-25-20(24-19-11-5-2-6-12-19)26-22(27-21)29-14-16-30-17-15-29/h1-13H,14-17H2,(H2,24,25,26,27,28)/b10-7+,23-13+. The van der Waals surface area contributed by atoms with Gasteiger partial charge in [0.05, 0.1) is 13.2 Å². The van der Waals surface area contributed by atoms with Crippen LogP contribution in [0.15, 0.2) is 71.8 Å². The summed E-state index contributed by atoms with van der Waals surface area (Å²) >= 11 is 0. The van der Waals surface area contributed by atoms with Crippen LogP contribution >= 0.6 is 0 Å². The van der Waals surface area contributed by atoms with Crippen LogP contribution in [0.3, 0.4) is 0 Å². The molecule has 1 aliphatic rings. The summed E-state index contributed by atoms with van der Waals surface area (Å²) in [6, 6.07) is 19.8. The van der Waals surface area contributed by atoms with Crippen LogP contribution in [0.4, 0.5) is 23.5 Å². The molecule has 3 aromatic rings. The molecule has 0 unspecified atom stereocenters. The molecule has 0 spiro atoms. The van der Waals surface area contributed by atoms with Crippen molar-refractivity contribution in [2.24, 2.45) is 5.10 Å². The molecule has 2 aromatic carbocycles. The Morgan fingerprint density at radius 1 is 0.867 bits per heavy atom. The van der Waals surface area contributed by atoms with Gasteiger partial charge in [0.1, 0.15) is 0 Å². The topological polar surface area (TPSA) is 87.6 Å². The van der Waals surface area contributed by atoms with E-state index < -0.39 is 0 Å². The number of para-hydroxylation sites is 1. The Labute approximate surface area is 175 Å². The van der Waals surface area contributed by atoms with Gasteiger partial charge in [-0.1, -0.05) is 54.6 Å². The molecule has 0 aliphatic carbocycles. The van der Waals surface area contributed by atoms with Gasteiger partial charge in [-0.15, -0.1) is 0 Å². The van der Waals surface area contributed by atoms with Gasteiger partial charge in [0.2, 0.25) is 17.8 Å². The molecule has 0 amide bonds. The molecule has 152 valence electrons. The zero-order valence-corrected chi connectivity index (χ0v) is 16.5. The first kappa shape index (κ1) is 19.5. The molecular formula is C22H23N7O. The quantitative estimate of drug-likeness (QED) is 0.462. The van der Waals surface area contributed by atoms with Crippen LogP contribution in [-0.4, -0.2) is 47.5 Å². The summed E-state index contributed by atoms with van der Waals surface area (Å²) in [5, 5.41) is 7.43. The summed E-state index contributed by atoms with van der Waals surface area (Å²) < 4.78 is 5.43. The molecule has 1 aliphatic heterocycles. The maximum Gasteiger partial charge on any atom is 0.250 e. The molecule has 30 heavy (non-hydrogen) atoms. The molecule has 2 heterocycles. The molecule has 1 saturated heterocycles. The highest BCUT2D eigenvalue weighted by atomic mass is 16.5. The molecule has 0 atom stereocenters. The van der Waals surface area contributed by atoms with Gasteiger partial charge in [0, 0.05) is 25.0 Å². The van der Waals surface area contributed by atoms with E-state index in [1.165, 1.54) is 0 Å². The number of hydrazone groups is 1. The minimum atomic E-state index is 0.370. The van der Waals surface area contributed by atoms with Gasteiger partial charge < -0.3 is 15.0 Å². The van der Waals surface area contributed by atoms with E-state index >= 15 is 0 Å². The van der Waals surface area contributed by atoms with Crippen molar-refractivity contribution in [1.29, 1.82) is 0 Å². The largest absolute Gasteiger partial charge is 0.378 e. The number of hydrogen-bond acceptors (Lipinski definition) is 8. The van der Waals surface area contributed by atoms with Gasteiger partial charge >= 0.3 is 0 Å². The summed E-state index contributed by atoms with van der Waals surface area (Å²) in [5.74, 6) is 1.41. The molecule has 1 aromatic heterocycles. The van der Waals surface area contributed by atoms with Crippen LogP contribution in [0, 0.1) is 0 Å². The lowest BCUT2D eigenvalue weighted by atomic mass is 10.2. The van der Waals surface area contributed by atoms with E-state index in [9.17, 15) is 0 Å². The lowest BCUT2D eigenvalue weighted by Crippen LogP contribution is -2.37. The fraction of sp³-hybridized carbons (Fsp3) is 0.182. The van der Waals surface area contributed by atoms with Crippen molar-refractivity contribution in [1.82, 2.24) is 15.0 Å². The van der Waals surface area contributed by atoms with Gasteiger partial charge in [-0.05, 0) is 23.8 Å². The Kier molecular flexibility index (Phi) is 6.59. The van der Waals surface area contributed by atoms with E-state index in [1.807, 2.05) is 72.8 Å². The smallest absolute Gasteiger partial charge is 0.250 e. The number of nitrogens with one attached hydrogen (secondary N) is 2. The second-order valence-corrected chi connectivity index (χ2v) is 6.53. The van der Waals surface area contributed by atoms with Gasteiger partial charge in [0.15, 0.2) is 0 Å². The summed E-state index contributed by atoms with van der Waals surface area (Å²) in [4.78, 5) is 15.6. The molecule has 0 saturated carbocycles. The van der Waals surface area contributed by atoms with Crippen LogP contribution in [-0.2, 0) is 4.74 Å². The summed E-state index contributed by atoms with van der Waals surface area (Å²) in [6.45, 7) is 2.77. The van der Waals surface area contributed by atoms with Crippen molar-refractivity contribution in [3.05, 3.63) is 72.3 Å². The maximum atomic E-state index is 5.43. The number of hydrogen-bond donors (Lipinski definition) is 2.